The van der Waals surface area contributed by atoms with Crippen molar-refractivity contribution >= 4 is 29.0 Å². The molecule has 28 heavy (non-hydrogen) atoms. The van der Waals surface area contributed by atoms with Gasteiger partial charge in [0.1, 0.15) is 17.5 Å². The number of hydrogen-bond donors (Lipinski definition) is 2. The molecular formula is C20H18N4O4. The van der Waals surface area contributed by atoms with Crippen molar-refractivity contribution in [1.29, 1.82) is 0 Å². The van der Waals surface area contributed by atoms with Gasteiger partial charge in [0.15, 0.2) is 11.5 Å². The van der Waals surface area contributed by atoms with Crippen molar-refractivity contribution in [3.05, 3.63) is 59.9 Å². The molecule has 0 bridgehead atoms. The Morgan fingerprint density at radius 2 is 1.57 bits per heavy atom. The largest absolute Gasteiger partial charge is 0.465 e. The molecule has 1 aliphatic rings. The molecule has 1 aromatic heterocycles. The molecule has 1 aliphatic heterocycles. The van der Waals surface area contributed by atoms with Gasteiger partial charge in [0.05, 0.1) is 12.7 Å². The Bertz CT molecular complexity index is 1020. The van der Waals surface area contributed by atoms with E-state index in [1.807, 2.05) is 25.1 Å². The van der Waals surface area contributed by atoms with Crippen LogP contribution in [-0.2, 0) is 4.74 Å². The summed E-state index contributed by atoms with van der Waals surface area (Å²) in [6.45, 7) is 2.05. The molecule has 0 fully saturated rings. The minimum absolute atomic E-state index is 0.230. The van der Waals surface area contributed by atoms with E-state index in [9.17, 15) is 4.79 Å². The first-order chi connectivity index (χ1) is 13.6. The lowest BCUT2D eigenvalue weighted by atomic mass is 10.2. The number of aryl methyl sites for hydroxylation is 1. The van der Waals surface area contributed by atoms with Gasteiger partial charge in [-0.25, -0.2) is 14.8 Å². The van der Waals surface area contributed by atoms with Crippen LogP contribution in [0.15, 0.2) is 48.5 Å². The van der Waals surface area contributed by atoms with Crippen molar-refractivity contribution < 1.29 is 19.0 Å². The Morgan fingerprint density at radius 1 is 0.929 bits per heavy atom. The van der Waals surface area contributed by atoms with E-state index < -0.39 is 0 Å². The molecule has 0 atom stereocenters. The van der Waals surface area contributed by atoms with Gasteiger partial charge >= 0.3 is 5.97 Å². The minimum atomic E-state index is -0.375. The minimum Gasteiger partial charge on any atom is -0.465 e. The van der Waals surface area contributed by atoms with Gasteiger partial charge in [0.25, 0.3) is 0 Å². The Kier molecular flexibility index (Phi) is 4.67. The second kappa shape index (κ2) is 7.43. The van der Waals surface area contributed by atoms with Gasteiger partial charge < -0.3 is 24.8 Å². The maximum Gasteiger partial charge on any atom is 0.337 e. The monoisotopic (exact) mass is 378 g/mol. The van der Waals surface area contributed by atoms with Gasteiger partial charge in [-0.3, -0.25) is 0 Å². The van der Waals surface area contributed by atoms with E-state index in [0.717, 1.165) is 17.1 Å². The van der Waals surface area contributed by atoms with E-state index in [1.165, 1.54) is 7.11 Å². The zero-order valence-electron chi connectivity index (χ0n) is 15.4. The van der Waals surface area contributed by atoms with Gasteiger partial charge in [-0.05, 0) is 43.3 Å². The molecular weight excluding hydrogens is 360 g/mol. The van der Waals surface area contributed by atoms with Gasteiger partial charge in [-0.15, -0.1) is 0 Å². The standard InChI is InChI=1S/C20H18N4O4/c1-12-21-18(23-14-5-3-13(4-6-14)20(25)26-2)10-19(22-12)24-15-7-8-16-17(9-15)28-11-27-16/h3-10H,11H2,1-2H3,(H2,21,22,23,24). The third kappa shape index (κ3) is 3.80. The number of benzene rings is 2. The summed E-state index contributed by atoms with van der Waals surface area (Å²) in [6.07, 6.45) is 0. The number of esters is 1. The smallest absolute Gasteiger partial charge is 0.337 e. The van der Waals surface area contributed by atoms with Crippen LogP contribution in [0.3, 0.4) is 0 Å². The van der Waals surface area contributed by atoms with Crippen LogP contribution in [0.4, 0.5) is 23.0 Å². The fourth-order valence-corrected chi connectivity index (χ4v) is 2.77. The van der Waals surface area contributed by atoms with Crippen molar-refractivity contribution in [2.75, 3.05) is 24.5 Å². The zero-order valence-corrected chi connectivity index (χ0v) is 15.4. The molecule has 0 unspecified atom stereocenters. The number of hydrogen-bond acceptors (Lipinski definition) is 8. The van der Waals surface area contributed by atoms with Gasteiger partial charge in [-0.1, -0.05) is 0 Å². The number of fused-ring (bicyclic) bond motifs is 1. The maximum absolute atomic E-state index is 11.5. The molecule has 3 aromatic rings. The van der Waals surface area contributed by atoms with Gasteiger partial charge in [0.2, 0.25) is 6.79 Å². The lowest BCUT2D eigenvalue weighted by molar-refractivity contribution is 0.0600. The summed E-state index contributed by atoms with van der Waals surface area (Å²) in [5.41, 5.74) is 2.10. The molecule has 8 nitrogen and oxygen atoms in total. The summed E-state index contributed by atoms with van der Waals surface area (Å²) in [5.74, 6) is 2.92. The van der Waals surface area contributed by atoms with E-state index in [2.05, 4.69) is 20.6 Å². The molecule has 0 saturated heterocycles. The number of ether oxygens (including phenoxy) is 3. The van der Waals surface area contributed by atoms with Gasteiger partial charge in [-0.2, -0.15) is 0 Å². The highest BCUT2D eigenvalue weighted by Gasteiger charge is 2.13. The predicted octanol–water partition coefficient (Wildman–Crippen LogP) is 3.79. The van der Waals surface area contributed by atoms with Crippen molar-refractivity contribution in [3.63, 3.8) is 0 Å². The highest BCUT2D eigenvalue weighted by Crippen LogP contribution is 2.35. The molecule has 0 spiro atoms. The topological polar surface area (TPSA) is 94.6 Å². The quantitative estimate of drug-likeness (QED) is 0.648. The Labute approximate surface area is 161 Å². The number of carbonyl (C=O) groups excluding carboxylic acids is 1. The third-order valence-electron chi connectivity index (χ3n) is 4.06. The molecule has 2 heterocycles. The molecule has 0 aliphatic carbocycles. The van der Waals surface area contributed by atoms with Crippen LogP contribution in [0.2, 0.25) is 0 Å². The Morgan fingerprint density at radius 3 is 2.29 bits per heavy atom. The average Bonchev–Trinajstić information content (AvgIpc) is 3.15. The molecule has 142 valence electrons. The predicted molar refractivity (Wildman–Crippen MR) is 104 cm³/mol. The molecule has 8 heteroatoms. The SMILES string of the molecule is COC(=O)c1ccc(Nc2cc(Nc3ccc4c(c3)OCO4)nc(C)n2)cc1. The molecule has 0 radical (unpaired) electrons. The van der Waals surface area contributed by atoms with E-state index >= 15 is 0 Å². The molecule has 0 saturated carbocycles. The summed E-state index contributed by atoms with van der Waals surface area (Å²) in [6, 6.07) is 14.3. The van der Waals surface area contributed by atoms with Crippen LogP contribution >= 0.6 is 0 Å². The summed E-state index contributed by atoms with van der Waals surface area (Å²) in [4.78, 5) is 20.3. The number of nitrogens with zero attached hydrogens (tertiary/aromatic N) is 2. The molecule has 4 rings (SSSR count). The van der Waals surface area contributed by atoms with Crippen LogP contribution in [0.25, 0.3) is 0 Å². The number of anilines is 4. The lowest BCUT2D eigenvalue weighted by Crippen LogP contribution is -2.03. The number of methoxy groups -OCH3 is 1. The molecule has 2 N–H and O–H groups in total. The van der Waals surface area contributed by atoms with E-state index in [0.29, 0.717) is 28.8 Å². The number of carbonyl (C=O) groups is 1. The maximum atomic E-state index is 11.5. The van der Waals surface area contributed by atoms with E-state index in [-0.39, 0.29) is 12.8 Å². The number of aromatic nitrogens is 2. The lowest BCUT2D eigenvalue weighted by Gasteiger charge is -2.11. The molecule has 2 aromatic carbocycles. The Hall–Kier alpha value is -3.81. The van der Waals surface area contributed by atoms with Crippen molar-refractivity contribution in [1.82, 2.24) is 9.97 Å². The van der Waals surface area contributed by atoms with Crippen LogP contribution in [0.1, 0.15) is 16.2 Å². The van der Waals surface area contributed by atoms with Crippen molar-refractivity contribution in [2.45, 2.75) is 6.92 Å². The van der Waals surface area contributed by atoms with Crippen molar-refractivity contribution in [3.8, 4) is 11.5 Å². The highest BCUT2D eigenvalue weighted by molar-refractivity contribution is 5.89. The second-order valence-electron chi connectivity index (χ2n) is 6.07. The van der Waals surface area contributed by atoms with Crippen LogP contribution in [0.5, 0.6) is 11.5 Å². The fraction of sp³-hybridized carbons (Fsp3) is 0.150. The normalized spacial score (nSPS) is 11.8. The summed E-state index contributed by atoms with van der Waals surface area (Å²) >= 11 is 0. The third-order valence-corrected chi connectivity index (χ3v) is 4.06. The first-order valence-corrected chi connectivity index (χ1v) is 8.58. The number of nitrogens with one attached hydrogen (secondary N) is 2. The van der Waals surface area contributed by atoms with Crippen molar-refractivity contribution in [2.24, 2.45) is 0 Å². The average molecular weight is 378 g/mol. The first kappa shape index (κ1) is 17.6. The van der Waals surface area contributed by atoms with Crippen LogP contribution in [-0.4, -0.2) is 29.8 Å². The number of rotatable bonds is 5. The highest BCUT2D eigenvalue weighted by atomic mass is 16.7. The van der Waals surface area contributed by atoms with E-state index in [1.54, 1.807) is 30.3 Å². The Balaban J connectivity index is 1.51. The molecule has 0 amide bonds. The van der Waals surface area contributed by atoms with Gasteiger partial charge in [0, 0.05) is 23.5 Å². The first-order valence-electron chi connectivity index (χ1n) is 8.58. The fourth-order valence-electron chi connectivity index (χ4n) is 2.77. The van der Waals surface area contributed by atoms with Crippen LogP contribution < -0.4 is 20.1 Å². The summed E-state index contributed by atoms with van der Waals surface area (Å²) < 4.78 is 15.4. The zero-order chi connectivity index (χ0) is 19.5. The summed E-state index contributed by atoms with van der Waals surface area (Å²) in [5, 5.41) is 6.45. The summed E-state index contributed by atoms with van der Waals surface area (Å²) in [7, 11) is 1.35. The van der Waals surface area contributed by atoms with E-state index in [4.69, 9.17) is 14.2 Å². The van der Waals surface area contributed by atoms with Crippen LogP contribution in [0, 0.1) is 6.92 Å². The second-order valence-corrected chi connectivity index (χ2v) is 6.07.